The van der Waals surface area contributed by atoms with Gasteiger partial charge in [0.1, 0.15) is 0 Å². The van der Waals surface area contributed by atoms with E-state index in [4.69, 9.17) is 2.51 Å². The molecule has 0 aromatic heterocycles. The molecule has 0 aliphatic heterocycles. The number of rotatable bonds is 4. The molecule has 0 heterocycles. The molecule has 8 heteroatoms. The molecule has 0 radical (unpaired) electrons. The second-order valence-corrected chi connectivity index (χ2v) is 11.9. The Kier molecular flexibility index (Phi) is 5.85. The van der Waals surface area contributed by atoms with E-state index in [1.165, 1.54) is 0 Å². The van der Waals surface area contributed by atoms with Gasteiger partial charge in [-0.2, -0.15) is 0 Å². The van der Waals surface area contributed by atoms with Crippen molar-refractivity contribution in [3.8, 4) is 0 Å². The van der Waals surface area contributed by atoms with Crippen molar-refractivity contribution in [2.45, 2.75) is 33.2 Å². The van der Waals surface area contributed by atoms with Gasteiger partial charge in [-0.1, -0.05) is 0 Å². The molecule has 0 saturated carbocycles. The molecule has 0 fully saturated rings. The number of benzene rings is 2. The molecule has 2 aromatic rings. The Bertz CT molecular complexity index is 869. The number of hydrogen-bond donors (Lipinski definition) is 0. The van der Waals surface area contributed by atoms with Crippen LogP contribution in [0.5, 0.6) is 0 Å². The number of alkyl halides is 3. The predicted octanol–water partition coefficient (Wildman–Crippen LogP) is 5.25. The molecule has 138 valence electrons. The Hall–Kier alpha value is -1.13. The molecule has 0 N–H and O–H groups in total. The van der Waals surface area contributed by atoms with E-state index >= 15 is 0 Å². The quantitative estimate of drug-likeness (QED) is 0.438. The standard InChI is InChI=1S/C17H18F3IO3S/c1-11-9-13(3)16(14(4)10-11)21(15-8-6-5-7-12(15)2)24-25(22,23)17(18,19)20/h5-10H,1-4H3. The fourth-order valence-corrected chi connectivity index (χ4v) is 9.91. The van der Waals surface area contributed by atoms with Crippen molar-refractivity contribution in [3.63, 3.8) is 0 Å². The van der Waals surface area contributed by atoms with Gasteiger partial charge in [0.05, 0.1) is 0 Å². The van der Waals surface area contributed by atoms with Crippen molar-refractivity contribution in [1.29, 1.82) is 0 Å². The molecular weight excluding hydrogens is 468 g/mol. The topological polar surface area (TPSA) is 43.4 Å². The van der Waals surface area contributed by atoms with Crippen LogP contribution >= 0.6 is 20.2 Å². The van der Waals surface area contributed by atoms with Gasteiger partial charge in [0.2, 0.25) is 0 Å². The molecule has 0 amide bonds. The predicted molar refractivity (Wildman–Crippen MR) is 99.3 cm³/mol. The average molecular weight is 486 g/mol. The van der Waals surface area contributed by atoms with Crippen molar-refractivity contribution in [1.82, 2.24) is 0 Å². The first-order valence-corrected chi connectivity index (χ1v) is 11.7. The Labute approximate surface area is 153 Å². The molecule has 0 saturated heterocycles. The molecular formula is C17H18F3IO3S. The van der Waals surface area contributed by atoms with E-state index in [2.05, 4.69) is 0 Å². The van der Waals surface area contributed by atoms with Gasteiger partial charge >= 0.3 is 153 Å². The van der Waals surface area contributed by atoms with Crippen molar-refractivity contribution in [2.24, 2.45) is 0 Å². The summed E-state index contributed by atoms with van der Waals surface area (Å²) in [6, 6.07) is 10.5. The van der Waals surface area contributed by atoms with Gasteiger partial charge in [0.25, 0.3) is 0 Å². The van der Waals surface area contributed by atoms with Gasteiger partial charge in [0, 0.05) is 0 Å². The van der Waals surface area contributed by atoms with Crippen molar-refractivity contribution in [2.75, 3.05) is 0 Å². The summed E-state index contributed by atoms with van der Waals surface area (Å²) in [4.78, 5) is 0. The van der Waals surface area contributed by atoms with E-state index in [-0.39, 0.29) is 0 Å². The Morgan fingerprint density at radius 3 is 1.92 bits per heavy atom. The summed E-state index contributed by atoms with van der Waals surface area (Å²) in [6.45, 7) is 7.15. The fourth-order valence-electron chi connectivity index (χ4n) is 2.46. The van der Waals surface area contributed by atoms with Crippen LogP contribution in [-0.2, 0) is 12.6 Å². The summed E-state index contributed by atoms with van der Waals surface area (Å²) in [6.07, 6.45) is 0. The van der Waals surface area contributed by atoms with E-state index in [0.29, 0.717) is 12.7 Å². The van der Waals surface area contributed by atoms with Crippen LogP contribution in [0.1, 0.15) is 22.3 Å². The second-order valence-electron chi connectivity index (χ2n) is 5.67. The number of hydrogen-bond acceptors (Lipinski definition) is 3. The summed E-state index contributed by atoms with van der Waals surface area (Å²) < 4.78 is 68.1. The molecule has 2 aromatic carbocycles. The molecule has 3 nitrogen and oxygen atoms in total. The molecule has 0 aliphatic rings. The van der Waals surface area contributed by atoms with Crippen molar-refractivity contribution < 1.29 is 24.1 Å². The summed E-state index contributed by atoms with van der Waals surface area (Å²) in [5, 5.41) is 0. The van der Waals surface area contributed by atoms with Crippen molar-refractivity contribution in [3.05, 3.63) is 65.8 Å². The van der Waals surface area contributed by atoms with E-state index in [1.807, 2.05) is 19.1 Å². The third-order valence-corrected chi connectivity index (χ3v) is 11.7. The number of aryl methyl sites for hydroxylation is 4. The zero-order chi connectivity index (χ0) is 19.0. The van der Waals surface area contributed by atoms with Crippen LogP contribution in [0.3, 0.4) is 0 Å². The normalized spacial score (nSPS) is 13.0. The Morgan fingerprint density at radius 1 is 0.920 bits per heavy atom. The Balaban J connectivity index is 2.69. The summed E-state index contributed by atoms with van der Waals surface area (Å²) in [7, 11) is -5.68. The molecule has 0 unspecified atom stereocenters. The number of halogens is 4. The third kappa shape index (κ3) is 4.35. The van der Waals surface area contributed by atoms with Crippen LogP contribution in [0.25, 0.3) is 0 Å². The third-order valence-electron chi connectivity index (χ3n) is 3.44. The van der Waals surface area contributed by atoms with Crippen LogP contribution in [0.15, 0.2) is 36.4 Å². The minimum atomic E-state index is -5.68. The average Bonchev–Trinajstić information content (AvgIpc) is 2.44. The zero-order valence-electron chi connectivity index (χ0n) is 14.1. The van der Waals surface area contributed by atoms with Gasteiger partial charge in [-0.25, -0.2) is 0 Å². The second kappa shape index (κ2) is 7.24. The summed E-state index contributed by atoms with van der Waals surface area (Å²) in [5.41, 5.74) is -2.30. The minimum absolute atomic E-state index is 0.537. The van der Waals surface area contributed by atoms with Crippen LogP contribution in [-0.4, -0.2) is 13.9 Å². The zero-order valence-corrected chi connectivity index (χ0v) is 17.1. The van der Waals surface area contributed by atoms with Gasteiger partial charge in [-0.05, 0) is 0 Å². The SMILES string of the molecule is Cc1cc(C)c(I(OS(=O)(=O)C(F)(F)F)c2ccccc2C)c(C)c1. The maximum absolute atomic E-state index is 12.9. The van der Waals surface area contributed by atoms with E-state index in [9.17, 15) is 21.6 Å². The van der Waals surface area contributed by atoms with Gasteiger partial charge in [-0.15, -0.1) is 0 Å². The van der Waals surface area contributed by atoms with Crippen LogP contribution in [0, 0.1) is 34.8 Å². The van der Waals surface area contributed by atoms with Gasteiger partial charge in [-0.3, -0.25) is 0 Å². The van der Waals surface area contributed by atoms with E-state index in [0.717, 1.165) is 16.7 Å². The molecule has 0 aliphatic carbocycles. The molecule has 0 atom stereocenters. The molecule has 0 bridgehead atoms. The Morgan fingerprint density at radius 2 is 1.44 bits per heavy atom. The first kappa shape index (κ1) is 20.2. The van der Waals surface area contributed by atoms with Gasteiger partial charge < -0.3 is 0 Å². The van der Waals surface area contributed by atoms with Gasteiger partial charge in [0.15, 0.2) is 0 Å². The summed E-state index contributed by atoms with van der Waals surface area (Å²) >= 11 is -3.35. The summed E-state index contributed by atoms with van der Waals surface area (Å²) in [5.74, 6) is 0. The molecule has 0 spiro atoms. The van der Waals surface area contributed by atoms with E-state index < -0.39 is 35.9 Å². The maximum atomic E-state index is 12.9. The first-order valence-electron chi connectivity index (χ1n) is 7.29. The first-order chi connectivity index (χ1) is 11.4. The van der Waals surface area contributed by atoms with Crippen LogP contribution < -0.4 is 0 Å². The molecule has 2 rings (SSSR count). The van der Waals surface area contributed by atoms with E-state index in [1.54, 1.807) is 45.0 Å². The van der Waals surface area contributed by atoms with Crippen LogP contribution in [0.4, 0.5) is 13.2 Å². The molecule has 25 heavy (non-hydrogen) atoms. The van der Waals surface area contributed by atoms with Crippen molar-refractivity contribution >= 4 is 30.4 Å². The fraction of sp³-hybridized carbons (Fsp3) is 0.294. The van der Waals surface area contributed by atoms with Crippen LogP contribution in [0.2, 0.25) is 0 Å². The monoisotopic (exact) mass is 486 g/mol.